The Bertz CT molecular complexity index is 913. The zero-order valence-corrected chi connectivity index (χ0v) is 18.1. The number of rotatable bonds is 8. The van der Waals surface area contributed by atoms with Crippen molar-refractivity contribution in [2.45, 2.75) is 13.5 Å². The molecule has 1 heterocycles. The molecule has 2 aromatic rings. The summed E-state index contributed by atoms with van der Waals surface area (Å²) in [5.41, 5.74) is 2.01. The van der Waals surface area contributed by atoms with E-state index in [-0.39, 0.29) is 17.6 Å². The quantitative estimate of drug-likeness (QED) is 0.457. The summed E-state index contributed by atoms with van der Waals surface area (Å²) in [4.78, 5) is 27.0. The summed E-state index contributed by atoms with van der Waals surface area (Å²) >= 11 is 0. The van der Waals surface area contributed by atoms with Gasteiger partial charge in [-0.05, 0) is 43.3 Å². The standard InChI is InChI=1S/C23H29FN4O3/c1-3-25-23(30)17-5-4-6-20(14-17)26-22(29)16-28-11-9-27(10-12-28)15-18-13-19(24)7-8-21(18)31-2/h4-8,13-14H,3,9-12,15-16H2,1-2H3,(H,25,30)(H,26,29)/p+2. The number of quaternary nitrogens is 2. The zero-order valence-electron chi connectivity index (χ0n) is 18.1. The molecular weight excluding hydrogens is 399 g/mol. The van der Waals surface area contributed by atoms with Crippen LogP contribution in [0.2, 0.25) is 0 Å². The summed E-state index contributed by atoms with van der Waals surface area (Å²) in [6.07, 6.45) is 0. The number of methoxy groups -OCH3 is 1. The number of piperazine rings is 1. The van der Waals surface area contributed by atoms with Gasteiger partial charge in [-0.25, -0.2) is 4.39 Å². The Morgan fingerprint density at radius 1 is 1.06 bits per heavy atom. The van der Waals surface area contributed by atoms with Crippen LogP contribution >= 0.6 is 0 Å². The van der Waals surface area contributed by atoms with Crippen LogP contribution in [0.3, 0.4) is 0 Å². The number of hydrogen-bond acceptors (Lipinski definition) is 3. The molecule has 166 valence electrons. The minimum Gasteiger partial charge on any atom is -0.496 e. The number of carbonyl (C=O) groups excluding carboxylic acids is 2. The molecule has 4 N–H and O–H groups in total. The summed E-state index contributed by atoms with van der Waals surface area (Å²) < 4.78 is 18.9. The predicted octanol–water partition coefficient (Wildman–Crippen LogP) is -0.494. The number of carbonyl (C=O) groups is 2. The number of ether oxygens (including phenoxy) is 1. The second kappa shape index (κ2) is 10.9. The first-order valence-corrected chi connectivity index (χ1v) is 10.7. The Kier molecular flexibility index (Phi) is 7.97. The van der Waals surface area contributed by atoms with Crippen molar-refractivity contribution in [1.29, 1.82) is 0 Å². The van der Waals surface area contributed by atoms with Gasteiger partial charge in [-0.15, -0.1) is 0 Å². The number of benzene rings is 2. The fourth-order valence-corrected chi connectivity index (χ4v) is 3.90. The normalized spacial score (nSPS) is 18.3. The second-order valence-corrected chi connectivity index (χ2v) is 7.80. The van der Waals surface area contributed by atoms with E-state index in [9.17, 15) is 14.0 Å². The fraction of sp³-hybridized carbons (Fsp3) is 0.391. The average Bonchev–Trinajstić information content (AvgIpc) is 2.75. The van der Waals surface area contributed by atoms with Crippen molar-refractivity contribution < 1.29 is 28.5 Å². The molecule has 0 unspecified atom stereocenters. The van der Waals surface area contributed by atoms with E-state index in [0.717, 1.165) is 31.7 Å². The highest BCUT2D eigenvalue weighted by Crippen LogP contribution is 2.18. The molecule has 2 aromatic carbocycles. The number of anilines is 1. The van der Waals surface area contributed by atoms with Crippen LogP contribution in [-0.2, 0) is 11.3 Å². The van der Waals surface area contributed by atoms with Crippen LogP contribution in [0.1, 0.15) is 22.8 Å². The van der Waals surface area contributed by atoms with E-state index in [0.29, 0.717) is 36.6 Å². The number of halogens is 1. The van der Waals surface area contributed by atoms with Crippen molar-refractivity contribution in [3.05, 3.63) is 59.4 Å². The molecule has 1 aliphatic heterocycles. The van der Waals surface area contributed by atoms with Crippen molar-refractivity contribution >= 4 is 17.5 Å². The Hall–Kier alpha value is -2.97. The molecule has 0 spiro atoms. The SMILES string of the molecule is CCNC(=O)c1cccc(NC(=O)C[NH+]2CC[NH+](Cc3cc(F)ccc3OC)CC2)c1. The average molecular weight is 431 g/mol. The summed E-state index contributed by atoms with van der Waals surface area (Å²) in [7, 11) is 1.60. The molecule has 0 radical (unpaired) electrons. The highest BCUT2D eigenvalue weighted by Gasteiger charge is 2.26. The van der Waals surface area contributed by atoms with Crippen LogP contribution in [-0.4, -0.2) is 58.2 Å². The smallest absolute Gasteiger partial charge is 0.279 e. The third-order valence-electron chi connectivity index (χ3n) is 5.50. The molecular formula is C23H31FN4O3+2. The number of hydrogen-bond donors (Lipinski definition) is 4. The topological polar surface area (TPSA) is 76.3 Å². The molecule has 2 amide bonds. The summed E-state index contributed by atoms with van der Waals surface area (Å²) in [6.45, 7) is 7.01. The minimum absolute atomic E-state index is 0.0710. The third-order valence-corrected chi connectivity index (χ3v) is 5.50. The Morgan fingerprint density at radius 2 is 1.81 bits per heavy atom. The first kappa shape index (κ1) is 22.7. The van der Waals surface area contributed by atoms with E-state index in [1.54, 1.807) is 37.4 Å². The largest absolute Gasteiger partial charge is 0.496 e. The molecule has 0 atom stereocenters. The minimum atomic E-state index is -0.257. The lowest BCUT2D eigenvalue weighted by molar-refractivity contribution is -1.02. The Morgan fingerprint density at radius 3 is 2.52 bits per heavy atom. The van der Waals surface area contributed by atoms with Crippen molar-refractivity contribution in [1.82, 2.24) is 5.32 Å². The summed E-state index contributed by atoms with van der Waals surface area (Å²) in [6, 6.07) is 11.6. The first-order valence-electron chi connectivity index (χ1n) is 10.7. The maximum Gasteiger partial charge on any atom is 0.279 e. The van der Waals surface area contributed by atoms with Gasteiger partial charge < -0.3 is 25.2 Å². The van der Waals surface area contributed by atoms with Gasteiger partial charge >= 0.3 is 0 Å². The van der Waals surface area contributed by atoms with E-state index in [1.807, 2.05) is 6.92 Å². The van der Waals surface area contributed by atoms with Gasteiger partial charge in [-0.2, -0.15) is 0 Å². The van der Waals surface area contributed by atoms with Crippen LogP contribution < -0.4 is 25.2 Å². The van der Waals surface area contributed by atoms with Gasteiger partial charge in [0.15, 0.2) is 6.54 Å². The van der Waals surface area contributed by atoms with Crippen molar-refractivity contribution in [3.63, 3.8) is 0 Å². The lowest BCUT2D eigenvalue weighted by Gasteiger charge is -2.29. The molecule has 0 aromatic heterocycles. The molecule has 0 bridgehead atoms. The molecule has 31 heavy (non-hydrogen) atoms. The van der Waals surface area contributed by atoms with Gasteiger partial charge in [0.2, 0.25) is 0 Å². The van der Waals surface area contributed by atoms with Crippen LogP contribution in [0, 0.1) is 5.82 Å². The van der Waals surface area contributed by atoms with E-state index >= 15 is 0 Å². The Balaban J connectivity index is 1.48. The molecule has 3 rings (SSSR count). The Labute approximate surface area is 182 Å². The molecule has 1 fully saturated rings. The maximum atomic E-state index is 13.6. The van der Waals surface area contributed by atoms with Crippen molar-refractivity contribution in [2.75, 3.05) is 51.7 Å². The number of amides is 2. The lowest BCUT2D eigenvalue weighted by atomic mass is 10.1. The van der Waals surface area contributed by atoms with Gasteiger partial charge in [0.1, 0.15) is 44.3 Å². The molecule has 1 saturated heterocycles. The van der Waals surface area contributed by atoms with Gasteiger partial charge in [0, 0.05) is 17.8 Å². The van der Waals surface area contributed by atoms with E-state index < -0.39 is 0 Å². The maximum absolute atomic E-state index is 13.6. The van der Waals surface area contributed by atoms with Gasteiger partial charge in [0.05, 0.1) is 12.7 Å². The van der Waals surface area contributed by atoms with Gasteiger partial charge in [-0.1, -0.05) is 6.07 Å². The number of nitrogens with one attached hydrogen (secondary N) is 4. The van der Waals surface area contributed by atoms with Crippen LogP contribution in [0.4, 0.5) is 10.1 Å². The second-order valence-electron chi connectivity index (χ2n) is 7.80. The highest BCUT2D eigenvalue weighted by molar-refractivity contribution is 5.97. The molecule has 7 nitrogen and oxygen atoms in total. The van der Waals surface area contributed by atoms with E-state index in [4.69, 9.17) is 4.74 Å². The molecule has 0 aliphatic carbocycles. The summed E-state index contributed by atoms with van der Waals surface area (Å²) in [5, 5.41) is 5.65. The van der Waals surface area contributed by atoms with Gasteiger partial charge in [-0.3, -0.25) is 9.59 Å². The lowest BCUT2D eigenvalue weighted by Crippen LogP contribution is -3.28. The van der Waals surface area contributed by atoms with Crippen LogP contribution in [0.15, 0.2) is 42.5 Å². The van der Waals surface area contributed by atoms with E-state index in [2.05, 4.69) is 10.6 Å². The molecule has 8 heteroatoms. The predicted molar refractivity (Wildman–Crippen MR) is 116 cm³/mol. The highest BCUT2D eigenvalue weighted by atomic mass is 19.1. The van der Waals surface area contributed by atoms with Crippen LogP contribution in [0.5, 0.6) is 5.75 Å². The fourth-order valence-electron chi connectivity index (χ4n) is 3.90. The van der Waals surface area contributed by atoms with Gasteiger partial charge in [0.25, 0.3) is 11.8 Å². The third kappa shape index (κ3) is 6.50. The van der Waals surface area contributed by atoms with E-state index in [1.165, 1.54) is 21.9 Å². The first-order chi connectivity index (χ1) is 15.0. The van der Waals surface area contributed by atoms with Crippen LogP contribution in [0.25, 0.3) is 0 Å². The summed E-state index contributed by atoms with van der Waals surface area (Å²) in [5.74, 6) is 0.224. The molecule has 1 aliphatic rings. The van der Waals surface area contributed by atoms with Crippen molar-refractivity contribution in [3.8, 4) is 5.75 Å². The molecule has 0 saturated carbocycles. The monoisotopic (exact) mass is 430 g/mol. The van der Waals surface area contributed by atoms with Crippen molar-refractivity contribution in [2.24, 2.45) is 0 Å². The zero-order chi connectivity index (χ0) is 22.2.